The van der Waals surface area contributed by atoms with Crippen molar-refractivity contribution in [2.45, 2.75) is 31.7 Å². The molecule has 1 aliphatic rings. The maximum Gasteiger partial charge on any atom is 0.241 e. The highest BCUT2D eigenvalue weighted by Gasteiger charge is 2.32. The van der Waals surface area contributed by atoms with Gasteiger partial charge in [0.15, 0.2) is 5.78 Å². The minimum atomic E-state index is -3.49. The van der Waals surface area contributed by atoms with Crippen LogP contribution in [0.1, 0.15) is 31.1 Å². The van der Waals surface area contributed by atoms with Crippen molar-refractivity contribution >= 4 is 15.8 Å². The number of fused-ring (bicyclic) bond motifs is 1. The zero-order valence-electron chi connectivity index (χ0n) is 9.52. The van der Waals surface area contributed by atoms with Crippen molar-refractivity contribution in [3.8, 4) is 0 Å². The van der Waals surface area contributed by atoms with Crippen LogP contribution in [0, 0.1) is 0 Å². The summed E-state index contributed by atoms with van der Waals surface area (Å²) in [6.45, 7) is 5.54. The molecule has 1 atom stereocenters. The number of carbonyl (C=O) groups is 1. The summed E-state index contributed by atoms with van der Waals surface area (Å²) < 4.78 is 25.4. The molecule has 1 aliphatic heterocycles. The maximum absolute atomic E-state index is 11.6. The minimum absolute atomic E-state index is 0.0723. The van der Waals surface area contributed by atoms with Crippen molar-refractivity contribution in [2.75, 3.05) is 0 Å². The van der Waals surface area contributed by atoms with Crippen LogP contribution < -0.4 is 4.72 Å². The van der Waals surface area contributed by atoms with Gasteiger partial charge in [-0.2, -0.15) is 0 Å². The lowest BCUT2D eigenvalue weighted by molar-refractivity contribution is 0.0953. The molecule has 0 amide bonds. The molecule has 0 saturated carbocycles. The molecule has 1 unspecified atom stereocenters. The highest BCUT2D eigenvalue weighted by molar-refractivity contribution is 7.89. The molecule has 1 aromatic rings. The summed E-state index contributed by atoms with van der Waals surface area (Å²) in [4.78, 5) is 11.6. The van der Waals surface area contributed by atoms with E-state index in [9.17, 15) is 13.2 Å². The van der Waals surface area contributed by atoms with E-state index >= 15 is 0 Å². The van der Waals surface area contributed by atoms with E-state index in [1.807, 2.05) is 13.8 Å². The van der Waals surface area contributed by atoms with E-state index in [-0.39, 0.29) is 16.2 Å². The van der Waals surface area contributed by atoms with Gasteiger partial charge in [0.05, 0.1) is 10.9 Å². The first-order valence-electron chi connectivity index (χ1n) is 5.18. The van der Waals surface area contributed by atoms with Gasteiger partial charge in [-0.3, -0.25) is 4.79 Å². The summed E-state index contributed by atoms with van der Waals surface area (Å²) in [6.07, 6.45) is 0. The fraction of sp³-hybridized carbons (Fsp3) is 0.364. The van der Waals surface area contributed by atoms with Crippen molar-refractivity contribution in [3.63, 3.8) is 0 Å². The highest BCUT2D eigenvalue weighted by atomic mass is 32.2. The second kappa shape index (κ2) is 4.76. The van der Waals surface area contributed by atoms with Crippen molar-refractivity contribution in [1.29, 1.82) is 0 Å². The zero-order chi connectivity index (χ0) is 12.3. The van der Waals surface area contributed by atoms with Crippen LogP contribution in [-0.4, -0.2) is 20.2 Å². The molecule has 0 fully saturated rings. The van der Waals surface area contributed by atoms with Gasteiger partial charge in [0.25, 0.3) is 0 Å². The number of rotatable bonds is 0. The lowest BCUT2D eigenvalue weighted by atomic mass is 10.1. The SMILES string of the molecule is CC.CC1NS(=O)(=O)c2ccccc2C1=O. The molecule has 1 heterocycles. The Morgan fingerprint density at radius 3 is 2.38 bits per heavy atom. The quantitative estimate of drug-likeness (QED) is 0.750. The first kappa shape index (κ1) is 12.9. The molecule has 2 rings (SSSR count). The van der Waals surface area contributed by atoms with Gasteiger partial charge in [0.2, 0.25) is 10.0 Å². The van der Waals surface area contributed by atoms with Crippen LogP contribution in [-0.2, 0) is 10.0 Å². The first-order valence-corrected chi connectivity index (χ1v) is 6.66. The second-order valence-electron chi connectivity index (χ2n) is 3.20. The Bertz CT molecular complexity index is 494. The molecule has 0 bridgehead atoms. The number of carbonyl (C=O) groups excluding carboxylic acids is 1. The Balaban J connectivity index is 0.000000606. The summed E-state index contributed by atoms with van der Waals surface area (Å²) in [5.74, 6) is -0.185. The molecule has 1 aromatic carbocycles. The molecular formula is C11H15NO3S. The van der Waals surface area contributed by atoms with E-state index < -0.39 is 16.1 Å². The van der Waals surface area contributed by atoms with Crippen LogP contribution >= 0.6 is 0 Å². The van der Waals surface area contributed by atoms with Crippen LogP contribution in [0.3, 0.4) is 0 Å². The van der Waals surface area contributed by atoms with Crippen molar-refractivity contribution in [3.05, 3.63) is 29.8 Å². The zero-order valence-corrected chi connectivity index (χ0v) is 10.3. The molecule has 0 radical (unpaired) electrons. The van der Waals surface area contributed by atoms with E-state index in [1.54, 1.807) is 12.1 Å². The van der Waals surface area contributed by atoms with Crippen molar-refractivity contribution in [2.24, 2.45) is 0 Å². The van der Waals surface area contributed by atoms with E-state index in [1.165, 1.54) is 19.1 Å². The smallest absolute Gasteiger partial charge is 0.241 e. The molecule has 88 valence electrons. The molecular weight excluding hydrogens is 226 g/mol. The van der Waals surface area contributed by atoms with Crippen molar-refractivity contribution < 1.29 is 13.2 Å². The number of ketones is 1. The van der Waals surface area contributed by atoms with Crippen LogP contribution in [0.5, 0.6) is 0 Å². The van der Waals surface area contributed by atoms with Gasteiger partial charge >= 0.3 is 0 Å². The minimum Gasteiger partial charge on any atom is -0.292 e. The highest BCUT2D eigenvalue weighted by Crippen LogP contribution is 2.21. The fourth-order valence-corrected chi connectivity index (χ4v) is 2.90. The van der Waals surface area contributed by atoms with Gasteiger partial charge in [-0.25, -0.2) is 13.1 Å². The molecule has 0 saturated heterocycles. The third kappa shape index (κ3) is 2.15. The van der Waals surface area contributed by atoms with Crippen LogP contribution in [0.2, 0.25) is 0 Å². The molecule has 4 nitrogen and oxygen atoms in total. The average Bonchev–Trinajstić information content (AvgIpc) is 2.29. The van der Waals surface area contributed by atoms with E-state index in [4.69, 9.17) is 0 Å². The third-order valence-electron chi connectivity index (χ3n) is 2.17. The lowest BCUT2D eigenvalue weighted by Crippen LogP contribution is -2.43. The second-order valence-corrected chi connectivity index (χ2v) is 4.89. The number of sulfonamides is 1. The monoisotopic (exact) mass is 241 g/mol. The Morgan fingerprint density at radius 2 is 1.75 bits per heavy atom. The predicted octanol–water partition coefficient (Wildman–Crippen LogP) is 1.58. The maximum atomic E-state index is 11.6. The Labute approximate surface area is 95.7 Å². The fourth-order valence-electron chi connectivity index (χ4n) is 1.49. The van der Waals surface area contributed by atoms with Crippen LogP contribution in [0.15, 0.2) is 29.2 Å². The topological polar surface area (TPSA) is 63.2 Å². The van der Waals surface area contributed by atoms with Gasteiger partial charge in [-0.1, -0.05) is 26.0 Å². The largest absolute Gasteiger partial charge is 0.292 e. The van der Waals surface area contributed by atoms with Gasteiger partial charge in [-0.05, 0) is 19.1 Å². The van der Waals surface area contributed by atoms with Crippen LogP contribution in [0.4, 0.5) is 0 Å². The van der Waals surface area contributed by atoms with Crippen LogP contribution in [0.25, 0.3) is 0 Å². The van der Waals surface area contributed by atoms with Crippen molar-refractivity contribution in [1.82, 2.24) is 4.72 Å². The average molecular weight is 241 g/mol. The summed E-state index contributed by atoms with van der Waals surface area (Å²) in [5, 5.41) is 0. The number of hydrogen-bond donors (Lipinski definition) is 1. The van der Waals surface area contributed by atoms with Gasteiger partial charge in [0.1, 0.15) is 0 Å². The molecule has 16 heavy (non-hydrogen) atoms. The lowest BCUT2D eigenvalue weighted by Gasteiger charge is -2.21. The Morgan fingerprint density at radius 1 is 1.19 bits per heavy atom. The summed E-state index contributed by atoms with van der Waals surface area (Å²) in [6, 6.07) is 5.55. The molecule has 0 spiro atoms. The third-order valence-corrected chi connectivity index (χ3v) is 3.77. The Hall–Kier alpha value is -1.20. The molecule has 0 aromatic heterocycles. The molecule has 5 heteroatoms. The van der Waals surface area contributed by atoms with Gasteiger partial charge < -0.3 is 0 Å². The first-order chi connectivity index (χ1) is 7.52. The standard InChI is InChI=1S/C9H9NO3S.C2H6/c1-6-9(11)7-4-2-3-5-8(7)14(12,13)10-6;1-2/h2-6,10H,1H3;1-2H3. The van der Waals surface area contributed by atoms with Gasteiger partial charge in [0, 0.05) is 5.56 Å². The normalized spacial score (nSPS) is 21.7. The van der Waals surface area contributed by atoms with E-state index in [0.29, 0.717) is 0 Å². The predicted molar refractivity (Wildman–Crippen MR) is 61.9 cm³/mol. The van der Waals surface area contributed by atoms with E-state index in [2.05, 4.69) is 4.72 Å². The summed E-state index contributed by atoms with van der Waals surface area (Å²) in [5.41, 5.74) is 0.277. The molecule has 1 N–H and O–H groups in total. The summed E-state index contributed by atoms with van der Waals surface area (Å²) in [7, 11) is -3.49. The molecule has 0 aliphatic carbocycles. The van der Waals surface area contributed by atoms with E-state index in [0.717, 1.165) is 0 Å². The van der Waals surface area contributed by atoms with Gasteiger partial charge in [-0.15, -0.1) is 0 Å². The summed E-state index contributed by atoms with van der Waals surface area (Å²) >= 11 is 0. The number of hydrogen-bond acceptors (Lipinski definition) is 3. The Kier molecular flexibility index (Phi) is 3.83. The number of nitrogens with one attached hydrogen (secondary N) is 1. The number of Topliss-reactive ketones (excluding diaryl/α,β-unsaturated/α-hetero) is 1. The number of benzene rings is 1.